The van der Waals surface area contributed by atoms with Gasteiger partial charge in [-0.3, -0.25) is 0 Å². The smallest absolute Gasteiger partial charge is 0.0466 e. The van der Waals surface area contributed by atoms with Crippen LogP contribution in [0.2, 0.25) is 0 Å². The summed E-state index contributed by atoms with van der Waals surface area (Å²) in [6.07, 6.45) is 8.23. The van der Waals surface area contributed by atoms with Crippen molar-refractivity contribution in [2.24, 2.45) is 0 Å². The molecule has 0 spiro atoms. The van der Waals surface area contributed by atoms with Crippen molar-refractivity contribution in [2.45, 2.75) is 38.5 Å². The number of hydrogen-bond acceptors (Lipinski definition) is 2. The van der Waals surface area contributed by atoms with Crippen LogP contribution in [-0.4, -0.2) is 24.7 Å². The van der Waals surface area contributed by atoms with Crippen molar-refractivity contribution in [2.75, 3.05) is 24.7 Å². The predicted molar refractivity (Wildman–Crippen MR) is 55.8 cm³/mol. The molecule has 12 heavy (non-hydrogen) atoms. The Kier molecular flexibility index (Phi) is 6.87. The molecule has 0 aromatic heterocycles. The van der Waals surface area contributed by atoms with Crippen LogP contribution >= 0.6 is 11.8 Å². The number of rotatable bonds is 0. The second-order valence-corrected chi connectivity index (χ2v) is 4.57. The third-order valence-electron chi connectivity index (χ3n) is 2.15. The fourth-order valence-corrected chi connectivity index (χ4v) is 2.39. The zero-order valence-corrected chi connectivity index (χ0v) is 8.70. The lowest BCUT2D eigenvalue weighted by atomic mass is 10.2. The van der Waals surface area contributed by atoms with Crippen molar-refractivity contribution < 1.29 is 4.74 Å². The molecule has 0 aliphatic carbocycles. The van der Waals surface area contributed by atoms with Gasteiger partial charge in [0.15, 0.2) is 0 Å². The number of thioether (sulfide) groups is 1. The second kappa shape index (κ2) is 7.93. The summed E-state index contributed by atoms with van der Waals surface area (Å²) in [5.41, 5.74) is 0. The first-order valence-electron chi connectivity index (χ1n) is 5.15. The molecule has 1 nitrogen and oxygen atoms in total. The highest BCUT2D eigenvalue weighted by molar-refractivity contribution is 7.99. The molecule has 0 unspecified atom stereocenters. The van der Waals surface area contributed by atoms with Crippen LogP contribution in [0.3, 0.4) is 0 Å². The third-order valence-corrected chi connectivity index (χ3v) is 3.31. The van der Waals surface area contributed by atoms with E-state index >= 15 is 0 Å². The van der Waals surface area contributed by atoms with Gasteiger partial charge in [0.25, 0.3) is 0 Å². The highest BCUT2D eigenvalue weighted by Gasteiger charge is 1.95. The zero-order chi connectivity index (χ0) is 8.49. The number of ether oxygens (including phenoxy) is 1. The van der Waals surface area contributed by atoms with E-state index < -0.39 is 0 Å². The molecule has 0 N–H and O–H groups in total. The number of hydrogen-bond donors (Lipinski definition) is 0. The second-order valence-electron chi connectivity index (χ2n) is 3.35. The molecule has 0 saturated carbocycles. The normalized spacial score (nSPS) is 24.0. The molecular formula is C10H20OS. The molecule has 0 aromatic rings. The van der Waals surface area contributed by atoms with Crippen LogP contribution in [0.25, 0.3) is 0 Å². The van der Waals surface area contributed by atoms with Gasteiger partial charge >= 0.3 is 0 Å². The summed E-state index contributed by atoms with van der Waals surface area (Å²) in [6, 6.07) is 0. The van der Waals surface area contributed by atoms with Crippen molar-refractivity contribution in [3.05, 3.63) is 0 Å². The van der Waals surface area contributed by atoms with Gasteiger partial charge in [0.2, 0.25) is 0 Å². The van der Waals surface area contributed by atoms with Gasteiger partial charge in [-0.15, -0.1) is 0 Å². The fourth-order valence-electron chi connectivity index (χ4n) is 1.37. The minimum atomic E-state index is 1.00. The average molecular weight is 188 g/mol. The van der Waals surface area contributed by atoms with Gasteiger partial charge < -0.3 is 4.74 Å². The molecule has 2 saturated heterocycles. The van der Waals surface area contributed by atoms with E-state index in [2.05, 4.69) is 11.8 Å². The van der Waals surface area contributed by atoms with Crippen LogP contribution in [0, 0.1) is 0 Å². The Balaban J connectivity index is 0.000000127. The first-order chi connectivity index (χ1) is 6.00. The van der Waals surface area contributed by atoms with Gasteiger partial charge in [-0.05, 0) is 37.2 Å². The Labute approximate surface area is 80.3 Å². The van der Waals surface area contributed by atoms with Crippen LogP contribution in [0.4, 0.5) is 0 Å². The maximum absolute atomic E-state index is 5.19. The highest BCUT2D eigenvalue weighted by atomic mass is 32.2. The summed E-state index contributed by atoms with van der Waals surface area (Å²) >= 11 is 2.07. The van der Waals surface area contributed by atoms with E-state index in [1.807, 2.05) is 0 Å². The lowest BCUT2D eigenvalue weighted by molar-refractivity contribution is 0.144. The maximum atomic E-state index is 5.19. The van der Waals surface area contributed by atoms with E-state index in [9.17, 15) is 0 Å². The highest BCUT2D eigenvalue weighted by Crippen LogP contribution is 2.14. The summed E-state index contributed by atoms with van der Waals surface area (Å²) in [6.45, 7) is 2.00. The SMILES string of the molecule is C1CCCOCC1.C1CCSC1. The van der Waals surface area contributed by atoms with E-state index in [1.165, 1.54) is 50.0 Å². The van der Waals surface area contributed by atoms with Crippen LogP contribution in [0.1, 0.15) is 38.5 Å². The van der Waals surface area contributed by atoms with Gasteiger partial charge in [-0.2, -0.15) is 11.8 Å². The fraction of sp³-hybridized carbons (Fsp3) is 1.00. The van der Waals surface area contributed by atoms with Crippen LogP contribution in [0.5, 0.6) is 0 Å². The summed E-state index contributed by atoms with van der Waals surface area (Å²) < 4.78 is 5.19. The Morgan fingerprint density at radius 2 is 1.25 bits per heavy atom. The summed E-state index contributed by atoms with van der Waals surface area (Å²) in [4.78, 5) is 0. The van der Waals surface area contributed by atoms with Crippen molar-refractivity contribution >= 4 is 11.8 Å². The molecule has 2 fully saturated rings. The molecule has 2 rings (SSSR count). The van der Waals surface area contributed by atoms with E-state index in [0.29, 0.717) is 0 Å². The average Bonchev–Trinajstić information content (AvgIpc) is 2.54. The molecule has 2 heterocycles. The quantitative estimate of drug-likeness (QED) is 0.578. The molecule has 72 valence electrons. The lowest BCUT2D eigenvalue weighted by Crippen LogP contribution is -1.89. The largest absolute Gasteiger partial charge is 0.381 e. The van der Waals surface area contributed by atoms with Gasteiger partial charge in [0, 0.05) is 13.2 Å². The van der Waals surface area contributed by atoms with Crippen molar-refractivity contribution in [3.8, 4) is 0 Å². The lowest BCUT2D eigenvalue weighted by Gasteiger charge is -1.91. The van der Waals surface area contributed by atoms with Crippen LogP contribution in [0.15, 0.2) is 0 Å². The Hall–Kier alpha value is 0.310. The summed E-state index contributed by atoms with van der Waals surface area (Å²) in [5.74, 6) is 2.83. The molecule has 0 bridgehead atoms. The van der Waals surface area contributed by atoms with Gasteiger partial charge in [-0.1, -0.05) is 12.8 Å². The van der Waals surface area contributed by atoms with Crippen molar-refractivity contribution in [3.63, 3.8) is 0 Å². The van der Waals surface area contributed by atoms with Crippen LogP contribution in [-0.2, 0) is 4.74 Å². The molecule has 0 amide bonds. The van der Waals surface area contributed by atoms with E-state index in [-0.39, 0.29) is 0 Å². The minimum Gasteiger partial charge on any atom is -0.381 e. The Morgan fingerprint density at radius 3 is 1.67 bits per heavy atom. The zero-order valence-electron chi connectivity index (χ0n) is 7.89. The molecular weight excluding hydrogens is 168 g/mol. The molecule has 0 atom stereocenters. The van der Waals surface area contributed by atoms with Gasteiger partial charge in [0.05, 0.1) is 0 Å². The first kappa shape index (κ1) is 10.4. The van der Waals surface area contributed by atoms with Gasteiger partial charge in [-0.25, -0.2) is 0 Å². The Morgan fingerprint density at radius 1 is 0.667 bits per heavy atom. The van der Waals surface area contributed by atoms with Crippen molar-refractivity contribution in [1.82, 2.24) is 0 Å². The molecule has 2 heteroatoms. The third kappa shape index (κ3) is 5.90. The monoisotopic (exact) mass is 188 g/mol. The molecule has 0 radical (unpaired) electrons. The molecule has 2 aliphatic heterocycles. The van der Waals surface area contributed by atoms with Crippen molar-refractivity contribution in [1.29, 1.82) is 0 Å². The van der Waals surface area contributed by atoms with E-state index in [4.69, 9.17) is 4.74 Å². The van der Waals surface area contributed by atoms with E-state index in [0.717, 1.165) is 13.2 Å². The summed E-state index contributed by atoms with van der Waals surface area (Å²) in [5, 5.41) is 0. The van der Waals surface area contributed by atoms with Crippen LogP contribution < -0.4 is 0 Å². The van der Waals surface area contributed by atoms with E-state index in [1.54, 1.807) is 0 Å². The Bertz CT molecular complexity index is 64.6. The minimum absolute atomic E-state index is 1.00. The molecule has 2 aliphatic rings. The topological polar surface area (TPSA) is 9.23 Å². The maximum Gasteiger partial charge on any atom is 0.0466 e. The first-order valence-corrected chi connectivity index (χ1v) is 6.31. The predicted octanol–water partition coefficient (Wildman–Crippen LogP) is 3.09. The summed E-state index contributed by atoms with van der Waals surface area (Å²) in [7, 11) is 0. The molecule has 0 aromatic carbocycles. The standard InChI is InChI=1S/C6H12O.C4H8S/c1-2-4-6-7-5-3-1;1-2-4-5-3-1/h1-6H2;1-4H2. The van der Waals surface area contributed by atoms with Gasteiger partial charge in [0.1, 0.15) is 0 Å².